The maximum atomic E-state index is 15.7. The number of fused-ring (bicyclic) bond motifs is 5. The first-order chi connectivity index (χ1) is 37.3. The standard InChI is InChI=1S/C64H77F4NO9/c1-39(2)13-11-14-40(3)50-28-29-51-49-27-22-44-35-48(30-32-62(44,4)52(49)31-33-63(50,51)5)77-61(73)69(55(37-56(70)71)60(72)78-59-57(67)53(65)36-54(66)58(59)68)34-12-17-45(69)38-76-64(41-15-9-8-10-16-41,42-18-23-46(74-6)24-19-42)43-20-25-47(75-7)26-21-43/h8-10,15-16,18-26,36,39-40,45,48-52,55H,11-14,17,27-35,37-38H2,1-7H3/t40-,45-,48-,49?,50-,51?,52?,55+,62+,63-,69-/m1/s1. The molecule has 9 rings (SSSR count). The van der Waals surface area contributed by atoms with Gasteiger partial charge in [0.2, 0.25) is 23.4 Å². The normalized spacial score (nSPS) is 28.4. The molecule has 4 aromatic rings. The Labute approximate surface area is 457 Å². The van der Waals surface area contributed by atoms with E-state index in [1.165, 1.54) is 44.1 Å². The Morgan fingerprint density at radius 1 is 0.769 bits per heavy atom. The lowest BCUT2D eigenvalue weighted by molar-refractivity contribution is -0.886. The zero-order chi connectivity index (χ0) is 55.7. The number of esters is 1. The number of likely N-dealkylation sites (tertiary alicyclic amines) is 1. The highest BCUT2D eigenvalue weighted by Crippen LogP contribution is 2.67. The average molecular weight is 1080 g/mol. The van der Waals surface area contributed by atoms with E-state index in [0.717, 1.165) is 19.3 Å². The van der Waals surface area contributed by atoms with Crippen molar-refractivity contribution in [2.24, 2.45) is 46.3 Å². The second kappa shape index (κ2) is 23.2. The molecule has 11 atom stereocenters. The van der Waals surface area contributed by atoms with Gasteiger partial charge in [-0.05, 0) is 132 Å². The fraction of sp³-hybridized carbons (Fsp3) is 0.547. The molecular weight excluding hydrogens is 1000 g/mol. The van der Waals surface area contributed by atoms with Gasteiger partial charge in [0, 0.05) is 31.3 Å². The van der Waals surface area contributed by atoms with Gasteiger partial charge in [-0.3, -0.25) is 0 Å². The summed E-state index contributed by atoms with van der Waals surface area (Å²) in [7, 11) is 3.11. The number of rotatable bonds is 19. The summed E-state index contributed by atoms with van der Waals surface area (Å²) in [5, 5.41) is 12.9. The van der Waals surface area contributed by atoms with Crippen LogP contribution in [0.15, 0.2) is 96.6 Å². The van der Waals surface area contributed by atoms with Crippen LogP contribution < -0.4 is 19.3 Å². The fourth-order valence-corrected chi connectivity index (χ4v) is 15.7. The molecular formula is C64H77F4NO9. The number of allylic oxidation sites excluding steroid dienone is 1. The summed E-state index contributed by atoms with van der Waals surface area (Å²) in [5.41, 5.74) is 1.96. The van der Waals surface area contributed by atoms with Gasteiger partial charge in [-0.25, -0.2) is 18.1 Å². The molecule has 1 heterocycles. The Morgan fingerprint density at radius 2 is 1.40 bits per heavy atom. The molecule has 4 aliphatic carbocycles. The van der Waals surface area contributed by atoms with Gasteiger partial charge in [-0.2, -0.15) is 13.6 Å². The summed E-state index contributed by atoms with van der Waals surface area (Å²) in [6.07, 6.45) is 11.3. The lowest BCUT2D eigenvalue weighted by atomic mass is 9.47. The van der Waals surface area contributed by atoms with Crippen molar-refractivity contribution in [1.29, 1.82) is 0 Å². The van der Waals surface area contributed by atoms with Crippen LogP contribution in [0.5, 0.6) is 17.2 Å². The van der Waals surface area contributed by atoms with Gasteiger partial charge in [0.25, 0.3) is 0 Å². The van der Waals surface area contributed by atoms with E-state index in [9.17, 15) is 23.5 Å². The van der Waals surface area contributed by atoms with Crippen LogP contribution in [0, 0.1) is 69.6 Å². The molecule has 3 unspecified atom stereocenters. The number of methoxy groups -OCH3 is 2. The van der Waals surface area contributed by atoms with Crippen LogP contribution in [0.2, 0.25) is 0 Å². The van der Waals surface area contributed by atoms with E-state index in [-0.39, 0.29) is 37.5 Å². The van der Waals surface area contributed by atoms with Crippen molar-refractivity contribution in [3.05, 3.63) is 137 Å². The number of benzene rings is 4. The van der Waals surface area contributed by atoms with Crippen LogP contribution in [0.1, 0.15) is 141 Å². The third kappa shape index (κ3) is 10.5. The van der Waals surface area contributed by atoms with Crippen LogP contribution in [0.25, 0.3) is 0 Å². The second-order valence-electron chi connectivity index (χ2n) is 24.1. The van der Waals surface area contributed by atoms with E-state index in [2.05, 4.69) is 40.7 Å². The zero-order valence-electron chi connectivity index (χ0n) is 46.3. The van der Waals surface area contributed by atoms with Crippen LogP contribution in [-0.2, 0) is 24.7 Å². The molecule has 3 saturated carbocycles. The van der Waals surface area contributed by atoms with Crippen molar-refractivity contribution in [3.63, 3.8) is 0 Å². The Bertz CT molecular complexity index is 2750. The minimum atomic E-state index is -2.08. The van der Waals surface area contributed by atoms with Gasteiger partial charge in [0.15, 0.2) is 11.6 Å². The molecule has 10 nitrogen and oxygen atoms in total. The van der Waals surface area contributed by atoms with Gasteiger partial charge in [-0.15, -0.1) is 0 Å². The lowest BCUT2D eigenvalue weighted by Gasteiger charge is -2.58. The van der Waals surface area contributed by atoms with Crippen LogP contribution in [0.3, 0.4) is 0 Å². The number of hydrogen-bond donors (Lipinski definition) is 0. The van der Waals surface area contributed by atoms with E-state index in [4.69, 9.17) is 23.7 Å². The van der Waals surface area contributed by atoms with Gasteiger partial charge < -0.3 is 33.6 Å². The molecule has 0 bridgehead atoms. The van der Waals surface area contributed by atoms with Crippen molar-refractivity contribution in [2.75, 3.05) is 27.4 Å². The van der Waals surface area contributed by atoms with Crippen LogP contribution in [-0.4, -0.2) is 68.1 Å². The molecule has 1 amide bonds. The Morgan fingerprint density at radius 3 is 2.00 bits per heavy atom. The van der Waals surface area contributed by atoms with Crippen molar-refractivity contribution >= 4 is 18.0 Å². The summed E-state index contributed by atoms with van der Waals surface area (Å²) < 4.78 is 89.1. The van der Waals surface area contributed by atoms with Crippen molar-refractivity contribution in [2.45, 2.75) is 148 Å². The van der Waals surface area contributed by atoms with E-state index in [0.29, 0.717) is 82.0 Å². The molecule has 14 heteroatoms. The first-order valence-electron chi connectivity index (χ1n) is 28.3. The maximum absolute atomic E-state index is 15.7. The monoisotopic (exact) mass is 1080 g/mol. The van der Waals surface area contributed by atoms with E-state index >= 15 is 13.6 Å². The number of amides is 1. The van der Waals surface area contributed by atoms with Gasteiger partial charge in [0.1, 0.15) is 35.9 Å². The second-order valence-corrected chi connectivity index (χ2v) is 24.1. The highest BCUT2D eigenvalue weighted by atomic mass is 19.2. The minimum absolute atomic E-state index is 0.0337. The molecule has 1 saturated heterocycles. The van der Waals surface area contributed by atoms with Gasteiger partial charge >= 0.3 is 12.1 Å². The number of carbonyl (C=O) groups excluding carboxylic acids is 3. The summed E-state index contributed by atoms with van der Waals surface area (Å²) in [6.45, 7) is 11.5. The molecule has 78 heavy (non-hydrogen) atoms. The molecule has 0 radical (unpaired) electrons. The Balaban J connectivity index is 1.06. The van der Waals surface area contributed by atoms with Crippen molar-refractivity contribution < 1.29 is 65.2 Å². The smallest absolute Gasteiger partial charge is 0.517 e. The highest BCUT2D eigenvalue weighted by Gasteiger charge is 2.62. The Kier molecular flexibility index (Phi) is 16.9. The quantitative estimate of drug-likeness (QED) is 0.0172. The molecule has 0 spiro atoms. The molecule has 0 N–H and O–H groups in total. The van der Waals surface area contributed by atoms with E-state index in [1.807, 2.05) is 54.6 Å². The average Bonchev–Trinajstić information content (AvgIpc) is 4.19. The number of carboxylic acid groups (broad SMARTS) is 1. The Hall–Kier alpha value is -5.73. The predicted molar refractivity (Wildman–Crippen MR) is 285 cm³/mol. The third-order valence-electron chi connectivity index (χ3n) is 19.7. The summed E-state index contributed by atoms with van der Waals surface area (Å²) in [6, 6.07) is 20.7. The molecule has 4 aromatic carbocycles. The summed E-state index contributed by atoms with van der Waals surface area (Å²) in [4.78, 5) is 43.3. The SMILES string of the molecule is COc1ccc(C(OC[C@H]2CCC[N@+]2(C(=O)O[C@@H]2CC[C@@]3(C)C(=CCC4C3CC[C@@]3(C)C4CC[C@@H]3[C@H](C)CCCC(C)C)C2)[C@@H](CC(=O)[O-])C(=O)Oc2c(F)c(F)cc(F)c2F)(c2ccccc2)c2ccc(OC)cc2)cc1. The number of quaternary nitrogens is 1. The summed E-state index contributed by atoms with van der Waals surface area (Å²) in [5.74, 6) is -7.89. The zero-order valence-corrected chi connectivity index (χ0v) is 46.3. The number of hydrogen-bond acceptors (Lipinski definition) is 9. The number of carbonyl (C=O) groups is 3. The third-order valence-corrected chi connectivity index (χ3v) is 19.7. The summed E-state index contributed by atoms with van der Waals surface area (Å²) >= 11 is 0. The predicted octanol–water partition coefficient (Wildman–Crippen LogP) is 13.2. The number of halogens is 4. The molecule has 1 aliphatic heterocycles. The maximum Gasteiger partial charge on any atom is 0.517 e. The number of carboxylic acids is 1. The fourth-order valence-electron chi connectivity index (χ4n) is 15.7. The lowest BCUT2D eigenvalue weighted by Crippen LogP contribution is -2.68. The van der Waals surface area contributed by atoms with Gasteiger partial charge in [0.05, 0.1) is 27.2 Å². The van der Waals surface area contributed by atoms with E-state index in [1.54, 1.807) is 38.5 Å². The molecule has 4 fully saturated rings. The van der Waals surface area contributed by atoms with Crippen molar-refractivity contribution in [1.82, 2.24) is 0 Å². The van der Waals surface area contributed by atoms with Crippen LogP contribution in [0.4, 0.5) is 22.4 Å². The largest absolute Gasteiger partial charge is 0.550 e. The molecule has 0 aromatic heterocycles. The first kappa shape index (κ1) is 57.0. The first-order valence-corrected chi connectivity index (χ1v) is 28.3. The topological polar surface area (TPSA) is 120 Å². The van der Waals surface area contributed by atoms with Crippen molar-refractivity contribution in [3.8, 4) is 17.2 Å². The van der Waals surface area contributed by atoms with Crippen LogP contribution >= 0.6 is 0 Å². The molecule has 420 valence electrons. The number of aliphatic carboxylic acids is 1. The minimum Gasteiger partial charge on any atom is -0.550 e. The number of nitrogens with zero attached hydrogens (tertiary/aromatic N) is 1. The number of ether oxygens (including phenoxy) is 5. The van der Waals surface area contributed by atoms with Gasteiger partial charge in [-0.1, -0.05) is 120 Å². The highest BCUT2D eigenvalue weighted by molar-refractivity contribution is 5.84. The molecule has 5 aliphatic rings. The van der Waals surface area contributed by atoms with E-state index < -0.39 is 81.7 Å².